The van der Waals surface area contributed by atoms with Gasteiger partial charge in [-0.05, 0) is 30.9 Å². The van der Waals surface area contributed by atoms with E-state index in [1.54, 1.807) is 0 Å². The molecule has 0 spiro atoms. The lowest BCUT2D eigenvalue weighted by molar-refractivity contribution is 0.0754. The van der Waals surface area contributed by atoms with Crippen LogP contribution in [0.1, 0.15) is 26.6 Å². The van der Waals surface area contributed by atoms with Crippen molar-refractivity contribution in [3.05, 3.63) is 87.9 Å². The Hall–Kier alpha value is -2.46. The molecule has 0 aliphatic heterocycles. The molecule has 128 valence electrons. The number of rotatable bonds is 7. The van der Waals surface area contributed by atoms with Crippen LogP contribution in [0.5, 0.6) is 0 Å². The van der Waals surface area contributed by atoms with Crippen LogP contribution >= 0.6 is 11.3 Å². The van der Waals surface area contributed by atoms with E-state index in [9.17, 15) is 4.79 Å². The quantitative estimate of drug-likeness (QED) is 0.633. The average molecular weight is 350 g/mol. The van der Waals surface area contributed by atoms with Crippen LogP contribution in [0.3, 0.4) is 0 Å². The fourth-order valence-electron chi connectivity index (χ4n) is 2.76. The molecule has 0 aliphatic rings. The van der Waals surface area contributed by atoms with Gasteiger partial charge in [0.25, 0.3) is 5.91 Å². The normalized spacial score (nSPS) is 10.6. The van der Waals surface area contributed by atoms with Crippen LogP contribution in [0, 0.1) is 6.92 Å². The zero-order valence-electron chi connectivity index (χ0n) is 14.4. The Kier molecular flexibility index (Phi) is 5.96. The number of carbonyl (C=O) groups is 1. The summed E-state index contributed by atoms with van der Waals surface area (Å²) in [5, 5.41) is 2.78. The molecule has 3 rings (SSSR count). The summed E-state index contributed by atoms with van der Waals surface area (Å²) in [5.41, 5.74) is 3.05. The molecular formula is C21H22N2OS. The van der Waals surface area contributed by atoms with E-state index in [-0.39, 0.29) is 5.91 Å². The topological polar surface area (TPSA) is 33.2 Å². The van der Waals surface area contributed by atoms with Gasteiger partial charge in [0.05, 0.1) is 5.01 Å². The first kappa shape index (κ1) is 17.4. The summed E-state index contributed by atoms with van der Waals surface area (Å²) in [5.74, 6) is 0.0243. The first-order valence-electron chi connectivity index (χ1n) is 8.51. The van der Waals surface area contributed by atoms with Crippen molar-refractivity contribution < 1.29 is 4.79 Å². The molecule has 4 heteroatoms. The molecule has 0 bridgehead atoms. The summed E-state index contributed by atoms with van der Waals surface area (Å²) in [6.07, 6.45) is 1.70. The van der Waals surface area contributed by atoms with Crippen LogP contribution in [0.4, 0.5) is 0 Å². The van der Waals surface area contributed by atoms with Crippen molar-refractivity contribution in [2.24, 2.45) is 0 Å². The highest BCUT2D eigenvalue weighted by Crippen LogP contribution is 2.13. The minimum Gasteiger partial charge on any atom is -0.337 e. The summed E-state index contributed by atoms with van der Waals surface area (Å²) in [4.78, 5) is 19.2. The summed E-state index contributed by atoms with van der Waals surface area (Å²) in [7, 11) is 0. The van der Waals surface area contributed by atoms with Gasteiger partial charge in [0.15, 0.2) is 0 Å². The maximum Gasteiger partial charge on any atom is 0.273 e. The number of benzene rings is 2. The number of hydrogen-bond acceptors (Lipinski definition) is 3. The number of hydrogen-bond donors (Lipinski definition) is 0. The maximum atomic E-state index is 12.9. The fourth-order valence-corrected chi connectivity index (χ4v) is 3.34. The largest absolute Gasteiger partial charge is 0.337 e. The van der Waals surface area contributed by atoms with Gasteiger partial charge in [-0.25, -0.2) is 4.98 Å². The number of nitrogens with zero attached hydrogens (tertiary/aromatic N) is 2. The highest BCUT2D eigenvalue weighted by Gasteiger charge is 2.18. The highest BCUT2D eigenvalue weighted by atomic mass is 32.1. The molecule has 0 saturated carbocycles. The molecule has 1 heterocycles. The number of amides is 1. The number of carbonyl (C=O) groups excluding carboxylic acids is 1. The zero-order chi connectivity index (χ0) is 17.5. The Morgan fingerprint density at radius 3 is 1.88 bits per heavy atom. The minimum atomic E-state index is 0.0243. The van der Waals surface area contributed by atoms with Gasteiger partial charge in [0.2, 0.25) is 0 Å². The second kappa shape index (κ2) is 8.58. The first-order valence-corrected chi connectivity index (χ1v) is 9.39. The van der Waals surface area contributed by atoms with Crippen molar-refractivity contribution in [1.82, 2.24) is 9.88 Å². The Morgan fingerprint density at radius 1 is 0.920 bits per heavy atom. The molecule has 3 aromatic rings. The molecule has 0 aliphatic carbocycles. The van der Waals surface area contributed by atoms with E-state index < -0.39 is 0 Å². The van der Waals surface area contributed by atoms with Crippen LogP contribution in [0.25, 0.3) is 0 Å². The molecule has 0 N–H and O–H groups in total. The van der Waals surface area contributed by atoms with Crippen molar-refractivity contribution in [3.8, 4) is 0 Å². The second-order valence-electron chi connectivity index (χ2n) is 6.02. The van der Waals surface area contributed by atoms with Crippen molar-refractivity contribution in [2.45, 2.75) is 19.8 Å². The van der Waals surface area contributed by atoms with Gasteiger partial charge in [0, 0.05) is 18.5 Å². The van der Waals surface area contributed by atoms with Gasteiger partial charge >= 0.3 is 0 Å². The Bertz CT molecular complexity index is 756. The van der Waals surface area contributed by atoms with Crippen molar-refractivity contribution in [1.29, 1.82) is 0 Å². The minimum absolute atomic E-state index is 0.0243. The van der Waals surface area contributed by atoms with E-state index in [1.165, 1.54) is 22.5 Å². The second-order valence-corrected chi connectivity index (χ2v) is 7.08. The predicted octanol–water partition coefficient (Wildman–Crippen LogP) is 4.38. The Labute approximate surface area is 153 Å². The lowest BCUT2D eigenvalue weighted by Gasteiger charge is -2.22. The van der Waals surface area contributed by atoms with Gasteiger partial charge in [-0.3, -0.25) is 4.79 Å². The van der Waals surface area contributed by atoms with Crippen molar-refractivity contribution >= 4 is 17.2 Å². The molecular weight excluding hydrogens is 328 g/mol. The molecule has 0 atom stereocenters. The van der Waals surface area contributed by atoms with E-state index >= 15 is 0 Å². The molecule has 0 unspecified atom stereocenters. The smallest absolute Gasteiger partial charge is 0.273 e. The first-order chi connectivity index (χ1) is 12.2. The van der Waals surface area contributed by atoms with E-state index in [0.29, 0.717) is 18.8 Å². The average Bonchev–Trinajstić information content (AvgIpc) is 3.09. The van der Waals surface area contributed by atoms with Gasteiger partial charge in [-0.2, -0.15) is 0 Å². The van der Waals surface area contributed by atoms with Crippen LogP contribution in [-0.4, -0.2) is 28.9 Å². The molecule has 0 saturated heterocycles. The predicted molar refractivity (Wildman–Crippen MR) is 103 cm³/mol. The van der Waals surface area contributed by atoms with Crippen LogP contribution in [0.2, 0.25) is 0 Å². The van der Waals surface area contributed by atoms with E-state index in [4.69, 9.17) is 0 Å². The highest BCUT2D eigenvalue weighted by molar-refractivity contribution is 7.09. The molecule has 25 heavy (non-hydrogen) atoms. The lowest BCUT2D eigenvalue weighted by Crippen LogP contribution is -2.35. The third kappa shape index (κ3) is 5.00. The van der Waals surface area contributed by atoms with E-state index in [1.807, 2.05) is 53.6 Å². The van der Waals surface area contributed by atoms with E-state index in [2.05, 4.69) is 29.2 Å². The van der Waals surface area contributed by atoms with Crippen LogP contribution < -0.4 is 0 Å². The number of aryl methyl sites for hydroxylation is 1. The molecule has 3 nitrogen and oxygen atoms in total. The lowest BCUT2D eigenvalue weighted by atomic mass is 10.1. The van der Waals surface area contributed by atoms with Gasteiger partial charge < -0.3 is 4.90 Å². The number of aromatic nitrogens is 1. The third-order valence-corrected chi connectivity index (χ3v) is 4.93. The zero-order valence-corrected chi connectivity index (χ0v) is 15.2. The standard InChI is InChI=1S/C21H22N2OS/c1-17-22-20(16-25-17)21(24)23(14-12-18-8-4-2-5-9-18)15-13-19-10-6-3-7-11-19/h2-11,16H,12-15H2,1H3. The number of thiazole rings is 1. The molecule has 1 amide bonds. The third-order valence-electron chi connectivity index (χ3n) is 4.15. The van der Waals surface area contributed by atoms with Gasteiger partial charge in [-0.1, -0.05) is 60.7 Å². The SMILES string of the molecule is Cc1nc(C(=O)N(CCc2ccccc2)CCc2ccccc2)cs1. The molecule has 2 aromatic carbocycles. The maximum absolute atomic E-state index is 12.9. The molecule has 0 radical (unpaired) electrons. The van der Waals surface area contributed by atoms with Gasteiger partial charge in [-0.15, -0.1) is 11.3 Å². The Balaban J connectivity index is 1.69. The molecule has 1 aromatic heterocycles. The summed E-state index contributed by atoms with van der Waals surface area (Å²) < 4.78 is 0. The van der Waals surface area contributed by atoms with Crippen LogP contribution in [0.15, 0.2) is 66.0 Å². The summed E-state index contributed by atoms with van der Waals surface area (Å²) >= 11 is 1.52. The summed E-state index contributed by atoms with van der Waals surface area (Å²) in [6, 6.07) is 20.6. The Morgan fingerprint density at radius 2 is 1.44 bits per heavy atom. The van der Waals surface area contributed by atoms with Crippen molar-refractivity contribution in [2.75, 3.05) is 13.1 Å². The van der Waals surface area contributed by atoms with Crippen LogP contribution in [-0.2, 0) is 12.8 Å². The summed E-state index contributed by atoms with van der Waals surface area (Å²) in [6.45, 7) is 3.33. The fraction of sp³-hybridized carbons (Fsp3) is 0.238. The van der Waals surface area contributed by atoms with Gasteiger partial charge in [0.1, 0.15) is 5.69 Å². The van der Waals surface area contributed by atoms with E-state index in [0.717, 1.165) is 17.8 Å². The molecule has 0 fully saturated rings. The monoisotopic (exact) mass is 350 g/mol. The van der Waals surface area contributed by atoms with Crippen molar-refractivity contribution in [3.63, 3.8) is 0 Å².